The minimum atomic E-state index is -0.466. The van der Waals surface area contributed by atoms with Crippen molar-refractivity contribution in [1.82, 2.24) is 10.3 Å². The molecule has 1 amide bonds. The average Bonchev–Trinajstić information content (AvgIpc) is 2.86. The maximum atomic E-state index is 12.0. The first-order valence-corrected chi connectivity index (χ1v) is 5.96. The SMILES string of the molecule is COc1cc(NC(=O)c2nonc2C)c(OC)cc1Cl. The molecular formula is C12H12ClN3O4. The van der Waals surface area contributed by atoms with Gasteiger partial charge in [-0.3, -0.25) is 4.79 Å². The van der Waals surface area contributed by atoms with Crippen LogP contribution in [0.5, 0.6) is 11.5 Å². The lowest BCUT2D eigenvalue weighted by Gasteiger charge is -2.12. The van der Waals surface area contributed by atoms with Gasteiger partial charge >= 0.3 is 0 Å². The second kappa shape index (κ2) is 5.79. The molecule has 1 N–H and O–H groups in total. The summed E-state index contributed by atoms with van der Waals surface area (Å²) in [6.45, 7) is 1.62. The van der Waals surface area contributed by atoms with Crippen molar-refractivity contribution in [2.24, 2.45) is 0 Å². The summed E-state index contributed by atoms with van der Waals surface area (Å²) in [5, 5.41) is 10.1. The Labute approximate surface area is 119 Å². The summed E-state index contributed by atoms with van der Waals surface area (Å²) in [6.07, 6.45) is 0. The second-order valence-corrected chi connectivity index (χ2v) is 4.25. The van der Waals surface area contributed by atoms with E-state index in [2.05, 4.69) is 20.3 Å². The molecule has 8 heteroatoms. The third-order valence-electron chi connectivity index (χ3n) is 2.59. The maximum Gasteiger partial charge on any atom is 0.279 e. The fraction of sp³-hybridized carbons (Fsp3) is 0.250. The lowest BCUT2D eigenvalue weighted by atomic mass is 10.2. The average molecular weight is 298 g/mol. The van der Waals surface area contributed by atoms with E-state index in [0.29, 0.717) is 27.9 Å². The Kier molecular flexibility index (Phi) is 4.09. The Hall–Kier alpha value is -2.28. The number of benzene rings is 1. The molecule has 0 fully saturated rings. The van der Waals surface area contributed by atoms with E-state index in [-0.39, 0.29) is 5.69 Å². The molecule has 1 aromatic carbocycles. The predicted octanol–water partition coefficient (Wildman–Crippen LogP) is 2.30. The van der Waals surface area contributed by atoms with E-state index in [1.807, 2.05) is 0 Å². The fourth-order valence-electron chi connectivity index (χ4n) is 1.58. The molecule has 2 rings (SSSR count). The molecule has 0 aliphatic carbocycles. The van der Waals surface area contributed by atoms with Crippen LogP contribution < -0.4 is 14.8 Å². The van der Waals surface area contributed by atoms with E-state index >= 15 is 0 Å². The van der Waals surface area contributed by atoms with E-state index in [1.54, 1.807) is 19.1 Å². The summed E-state index contributed by atoms with van der Waals surface area (Å²) in [5.74, 6) is 0.349. The number of halogens is 1. The van der Waals surface area contributed by atoms with Gasteiger partial charge in [0.1, 0.15) is 17.2 Å². The summed E-state index contributed by atoms with van der Waals surface area (Å²) < 4.78 is 14.7. The van der Waals surface area contributed by atoms with Gasteiger partial charge in [-0.15, -0.1) is 0 Å². The zero-order valence-corrected chi connectivity index (χ0v) is 11.8. The summed E-state index contributed by atoms with van der Waals surface area (Å²) in [5.41, 5.74) is 0.893. The minimum Gasteiger partial charge on any atom is -0.495 e. The smallest absolute Gasteiger partial charge is 0.279 e. The Morgan fingerprint density at radius 2 is 1.95 bits per heavy atom. The first-order valence-electron chi connectivity index (χ1n) is 5.58. The van der Waals surface area contributed by atoms with Crippen molar-refractivity contribution in [2.45, 2.75) is 6.92 Å². The maximum absolute atomic E-state index is 12.0. The highest BCUT2D eigenvalue weighted by atomic mass is 35.5. The third-order valence-corrected chi connectivity index (χ3v) is 2.89. The number of aryl methyl sites for hydroxylation is 1. The topological polar surface area (TPSA) is 86.5 Å². The minimum absolute atomic E-state index is 0.0981. The first kappa shape index (κ1) is 14.1. The molecular weight excluding hydrogens is 286 g/mol. The van der Waals surface area contributed by atoms with Crippen LogP contribution >= 0.6 is 11.6 Å². The lowest BCUT2D eigenvalue weighted by molar-refractivity contribution is 0.101. The number of methoxy groups -OCH3 is 2. The number of ether oxygens (including phenoxy) is 2. The molecule has 1 aromatic heterocycles. The number of nitrogens with zero attached hydrogens (tertiary/aromatic N) is 2. The van der Waals surface area contributed by atoms with Crippen LogP contribution in [0.1, 0.15) is 16.2 Å². The number of nitrogens with one attached hydrogen (secondary N) is 1. The number of hydrogen-bond donors (Lipinski definition) is 1. The van der Waals surface area contributed by atoms with Gasteiger partial charge in [-0.2, -0.15) is 0 Å². The first-order chi connectivity index (χ1) is 9.56. The van der Waals surface area contributed by atoms with Crippen molar-refractivity contribution in [2.75, 3.05) is 19.5 Å². The predicted molar refractivity (Wildman–Crippen MR) is 71.5 cm³/mol. The fourth-order valence-corrected chi connectivity index (χ4v) is 1.81. The zero-order chi connectivity index (χ0) is 14.7. The van der Waals surface area contributed by atoms with E-state index in [9.17, 15) is 4.79 Å². The molecule has 0 unspecified atom stereocenters. The highest BCUT2D eigenvalue weighted by Crippen LogP contribution is 2.36. The molecule has 0 saturated carbocycles. The molecule has 0 aliphatic rings. The molecule has 0 aliphatic heterocycles. The molecule has 0 bridgehead atoms. The second-order valence-electron chi connectivity index (χ2n) is 3.84. The molecule has 0 saturated heterocycles. The van der Waals surface area contributed by atoms with Gasteiger partial charge in [-0.1, -0.05) is 16.8 Å². The van der Waals surface area contributed by atoms with Crippen molar-refractivity contribution >= 4 is 23.2 Å². The number of amides is 1. The third kappa shape index (κ3) is 2.67. The normalized spacial score (nSPS) is 10.2. The lowest BCUT2D eigenvalue weighted by Crippen LogP contribution is -2.14. The number of anilines is 1. The Morgan fingerprint density at radius 1 is 1.25 bits per heavy atom. The summed E-state index contributed by atoms with van der Waals surface area (Å²) >= 11 is 5.99. The molecule has 2 aromatic rings. The van der Waals surface area contributed by atoms with Crippen LogP contribution in [0.15, 0.2) is 16.8 Å². The van der Waals surface area contributed by atoms with Crippen LogP contribution in [0.2, 0.25) is 5.02 Å². The van der Waals surface area contributed by atoms with Crippen molar-refractivity contribution in [3.63, 3.8) is 0 Å². The Morgan fingerprint density at radius 3 is 2.50 bits per heavy atom. The monoisotopic (exact) mass is 297 g/mol. The number of rotatable bonds is 4. The quantitative estimate of drug-likeness (QED) is 0.932. The van der Waals surface area contributed by atoms with Gasteiger partial charge in [-0.05, 0) is 12.1 Å². The molecule has 0 spiro atoms. The van der Waals surface area contributed by atoms with Gasteiger partial charge in [0.25, 0.3) is 5.91 Å². The van der Waals surface area contributed by atoms with Crippen molar-refractivity contribution < 1.29 is 18.9 Å². The molecule has 7 nitrogen and oxygen atoms in total. The molecule has 106 valence electrons. The van der Waals surface area contributed by atoms with Crippen LogP contribution in [0, 0.1) is 6.92 Å². The van der Waals surface area contributed by atoms with E-state index < -0.39 is 5.91 Å². The number of carbonyl (C=O) groups is 1. The molecule has 0 radical (unpaired) electrons. The van der Waals surface area contributed by atoms with Crippen LogP contribution in [0.4, 0.5) is 5.69 Å². The summed E-state index contributed by atoms with van der Waals surface area (Å²) in [4.78, 5) is 12.0. The van der Waals surface area contributed by atoms with Gasteiger partial charge in [0.15, 0.2) is 5.69 Å². The summed E-state index contributed by atoms with van der Waals surface area (Å²) in [7, 11) is 2.95. The number of aromatic nitrogens is 2. The van der Waals surface area contributed by atoms with E-state index in [4.69, 9.17) is 21.1 Å². The van der Waals surface area contributed by atoms with Gasteiger partial charge in [0, 0.05) is 12.1 Å². The van der Waals surface area contributed by atoms with Crippen molar-refractivity contribution in [3.05, 3.63) is 28.5 Å². The van der Waals surface area contributed by atoms with Crippen LogP contribution in [0.25, 0.3) is 0 Å². The van der Waals surface area contributed by atoms with Crippen molar-refractivity contribution in [3.8, 4) is 11.5 Å². The summed E-state index contributed by atoms with van der Waals surface area (Å²) in [6, 6.07) is 3.10. The van der Waals surface area contributed by atoms with Gasteiger partial charge in [0.05, 0.1) is 24.9 Å². The van der Waals surface area contributed by atoms with E-state index in [0.717, 1.165) is 0 Å². The largest absolute Gasteiger partial charge is 0.495 e. The molecule has 0 atom stereocenters. The Bertz CT molecular complexity index is 642. The van der Waals surface area contributed by atoms with Crippen molar-refractivity contribution in [1.29, 1.82) is 0 Å². The number of hydrogen-bond acceptors (Lipinski definition) is 6. The highest BCUT2D eigenvalue weighted by molar-refractivity contribution is 6.32. The zero-order valence-electron chi connectivity index (χ0n) is 11.1. The van der Waals surface area contributed by atoms with Gasteiger partial charge < -0.3 is 14.8 Å². The van der Waals surface area contributed by atoms with Crippen LogP contribution in [-0.2, 0) is 0 Å². The van der Waals surface area contributed by atoms with Crippen LogP contribution in [-0.4, -0.2) is 30.4 Å². The Balaban J connectivity index is 2.33. The van der Waals surface area contributed by atoms with E-state index in [1.165, 1.54) is 14.2 Å². The van der Waals surface area contributed by atoms with Crippen LogP contribution in [0.3, 0.4) is 0 Å². The standard InChI is InChI=1S/C12H12ClN3O4/c1-6-11(16-20-15-6)12(17)14-8-5-9(18-2)7(13)4-10(8)19-3/h4-5H,1-3H3,(H,14,17). The highest BCUT2D eigenvalue weighted by Gasteiger charge is 2.18. The van der Waals surface area contributed by atoms with Gasteiger partial charge in [-0.25, -0.2) is 4.63 Å². The molecule has 1 heterocycles. The molecule has 20 heavy (non-hydrogen) atoms. The van der Waals surface area contributed by atoms with Gasteiger partial charge in [0.2, 0.25) is 0 Å². The number of carbonyl (C=O) groups excluding carboxylic acids is 1.